The van der Waals surface area contributed by atoms with Crippen molar-refractivity contribution >= 4 is 28.6 Å². The zero-order chi connectivity index (χ0) is 16.8. The molecule has 1 amide bonds. The zero-order valence-corrected chi connectivity index (χ0v) is 14.1. The normalized spacial score (nSPS) is 28.0. The molecular formula is C19H22N4O2. The van der Waals surface area contributed by atoms with Crippen molar-refractivity contribution in [3.63, 3.8) is 0 Å². The van der Waals surface area contributed by atoms with Gasteiger partial charge in [0.1, 0.15) is 0 Å². The van der Waals surface area contributed by atoms with E-state index in [4.69, 9.17) is 14.7 Å². The molecule has 1 aromatic carbocycles. The molecule has 2 bridgehead atoms. The maximum Gasteiger partial charge on any atom is 0.231 e. The molecule has 3 saturated heterocycles. The summed E-state index contributed by atoms with van der Waals surface area (Å²) in [5.74, 6) is 1.36. The molecule has 6 nitrogen and oxygen atoms in total. The van der Waals surface area contributed by atoms with Crippen LogP contribution in [0.4, 0.5) is 11.6 Å². The Morgan fingerprint density at radius 1 is 1.12 bits per heavy atom. The van der Waals surface area contributed by atoms with E-state index in [-0.39, 0.29) is 24.0 Å². The number of fused-ring (bicyclic) bond motifs is 3. The molecule has 5 rings (SSSR count). The van der Waals surface area contributed by atoms with Gasteiger partial charge < -0.3 is 15.0 Å². The molecule has 0 unspecified atom stereocenters. The predicted molar refractivity (Wildman–Crippen MR) is 95.6 cm³/mol. The first-order chi connectivity index (χ1) is 12.3. The number of para-hydroxylation sites is 2. The van der Waals surface area contributed by atoms with Crippen LogP contribution in [-0.4, -0.2) is 41.2 Å². The lowest BCUT2D eigenvalue weighted by Crippen LogP contribution is -2.32. The molecule has 4 heterocycles. The van der Waals surface area contributed by atoms with Gasteiger partial charge in [0.15, 0.2) is 11.6 Å². The summed E-state index contributed by atoms with van der Waals surface area (Å²) in [4.78, 5) is 24.6. The maximum absolute atomic E-state index is 12.8. The molecule has 6 heteroatoms. The van der Waals surface area contributed by atoms with Crippen molar-refractivity contribution < 1.29 is 9.53 Å². The fourth-order valence-electron chi connectivity index (χ4n) is 4.35. The van der Waals surface area contributed by atoms with Crippen LogP contribution in [0, 0.1) is 5.92 Å². The summed E-state index contributed by atoms with van der Waals surface area (Å²) in [6.45, 7) is 1.93. The third-order valence-corrected chi connectivity index (χ3v) is 5.64. The highest BCUT2D eigenvalue weighted by Gasteiger charge is 2.44. The molecule has 3 aliphatic heterocycles. The molecule has 0 aliphatic carbocycles. The van der Waals surface area contributed by atoms with Crippen LogP contribution in [0.1, 0.15) is 32.1 Å². The number of amides is 1. The summed E-state index contributed by atoms with van der Waals surface area (Å²) in [6.07, 6.45) is 5.56. The second-order valence-corrected chi connectivity index (χ2v) is 7.28. The number of rotatable bonds is 3. The SMILES string of the molecule is O=C(Nc1nc2ccccc2nc1N1CCCC1)[C@H]1C[C@@H]2CC[C@@H]1O2. The monoisotopic (exact) mass is 338 g/mol. The molecule has 1 aromatic heterocycles. The third-order valence-electron chi connectivity index (χ3n) is 5.64. The minimum absolute atomic E-state index is 0.0252. The predicted octanol–water partition coefficient (Wildman–Crippen LogP) is 2.74. The molecule has 3 aliphatic rings. The number of benzene rings is 1. The van der Waals surface area contributed by atoms with Crippen LogP contribution in [0.3, 0.4) is 0 Å². The molecule has 0 saturated carbocycles. The highest BCUT2D eigenvalue weighted by molar-refractivity contribution is 5.96. The smallest absolute Gasteiger partial charge is 0.231 e. The first-order valence-corrected chi connectivity index (χ1v) is 9.26. The van der Waals surface area contributed by atoms with Crippen LogP contribution >= 0.6 is 0 Å². The molecule has 25 heavy (non-hydrogen) atoms. The van der Waals surface area contributed by atoms with E-state index in [1.165, 1.54) is 0 Å². The summed E-state index contributed by atoms with van der Waals surface area (Å²) in [6, 6.07) is 7.82. The Hall–Kier alpha value is -2.21. The van der Waals surface area contributed by atoms with Gasteiger partial charge in [-0.3, -0.25) is 4.79 Å². The average molecular weight is 338 g/mol. The standard InChI is InChI=1S/C19H22N4O2/c24-19(13-11-12-7-8-16(13)25-12)22-17-18(23-9-3-4-10-23)21-15-6-2-1-5-14(15)20-17/h1-2,5-6,12-13,16H,3-4,7-11H2,(H,20,22,24)/t12-,13-,16-/m0/s1. The fraction of sp³-hybridized carbons (Fsp3) is 0.526. The number of carbonyl (C=O) groups is 1. The highest BCUT2D eigenvalue weighted by Crippen LogP contribution is 2.39. The second kappa shape index (κ2) is 5.95. The molecular weight excluding hydrogens is 316 g/mol. The number of nitrogens with zero attached hydrogens (tertiary/aromatic N) is 3. The lowest BCUT2D eigenvalue weighted by molar-refractivity contribution is -0.121. The van der Waals surface area contributed by atoms with Crippen molar-refractivity contribution in [3.05, 3.63) is 24.3 Å². The van der Waals surface area contributed by atoms with E-state index in [2.05, 4.69) is 10.2 Å². The van der Waals surface area contributed by atoms with Crippen LogP contribution in [0.15, 0.2) is 24.3 Å². The molecule has 3 atom stereocenters. The van der Waals surface area contributed by atoms with Gasteiger partial charge in [-0.2, -0.15) is 0 Å². The van der Waals surface area contributed by atoms with Crippen molar-refractivity contribution in [1.29, 1.82) is 0 Å². The number of hydrogen-bond acceptors (Lipinski definition) is 5. The van der Waals surface area contributed by atoms with Gasteiger partial charge in [0.2, 0.25) is 5.91 Å². The van der Waals surface area contributed by atoms with Crippen molar-refractivity contribution in [2.45, 2.75) is 44.3 Å². The quantitative estimate of drug-likeness (QED) is 0.932. The summed E-state index contributed by atoms with van der Waals surface area (Å²) in [5.41, 5.74) is 1.68. The number of aromatic nitrogens is 2. The van der Waals surface area contributed by atoms with E-state index >= 15 is 0 Å². The van der Waals surface area contributed by atoms with Crippen LogP contribution in [0.25, 0.3) is 11.0 Å². The minimum Gasteiger partial charge on any atom is -0.374 e. The first kappa shape index (κ1) is 15.1. The average Bonchev–Trinajstić information content (AvgIpc) is 3.38. The van der Waals surface area contributed by atoms with Gasteiger partial charge in [0.05, 0.1) is 29.2 Å². The van der Waals surface area contributed by atoms with Gasteiger partial charge in [0.25, 0.3) is 0 Å². The van der Waals surface area contributed by atoms with Gasteiger partial charge in [-0.15, -0.1) is 0 Å². The number of carbonyl (C=O) groups excluding carboxylic acids is 1. The van der Waals surface area contributed by atoms with Crippen LogP contribution in [0.2, 0.25) is 0 Å². The number of hydrogen-bond donors (Lipinski definition) is 1. The summed E-state index contributed by atoms with van der Waals surface area (Å²) >= 11 is 0. The van der Waals surface area contributed by atoms with E-state index in [0.29, 0.717) is 5.82 Å². The van der Waals surface area contributed by atoms with E-state index < -0.39 is 0 Å². The number of nitrogens with one attached hydrogen (secondary N) is 1. The van der Waals surface area contributed by atoms with Crippen LogP contribution < -0.4 is 10.2 Å². The van der Waals surface area contributed by atoms with E-state index in [1.807, 2.05) is 24.3 Å². The van der Waals surface area contributed by atoms with Crippen molar-refractivity contribution in [1.82, 2.24) is 9.97 Å². The number of ether oxygens (including phenoxy) is 1. The Balaban J connectivity index is 1.48. The topological polar surface area (TPSA) is 67.4 Å². The Morgan fingerprint density at radius 3 is 2.56 bits per heavy atom. The van der Waals surface area contributed by atoms with E-state index in [0.717, 1.165) is 62.0 Å². The Bertz CT molecular complexity index is 818. The molecule has 0 radical (unpaired) electrons. The van der Waals surface area contributed by atoms with Gasteiger partial charge in [-0.1, -0.05) is 12.1 Å². The van der Waals surface area contributed by atoms with Crippen LogP contribution in [0.5, 0.6) is 0 Å². The maximum atomic E-state index is 12.8. The first-order valence-electron chi connectivity index (χ1n) is 9.26. The second-order valence-electron chi connectivity index (χ2n) is 7.28. The van der Waals surface area contributed by atoms with Gasteiger partial charge in [-0.25, -0.2) is 9.97 Å². The molecule has 2 aromatic rings. The van der Waals surface area contributed by atoms with Gasteiger partial charge in [0, 0.05) is 13.1 Å². The Kier molecular flexibility index (Phi) is 3.59. The third kappa shape index (κ3) is 2.65. The Morgan fingerprint density at radius 2 is 1.88 bits per heavy atom. The fourth-order valence-corrected chi connectivity index (χ4v) is 4.35. The van der Waals surface area contributed by atoms with Gasteiger partial charge in [-0.05, 0) is 44.2 Å². The Labute approximate surface area is 146 Å². The van der Waals surface area contributed by atoms with E-state index in [9.17, 15) is 4.79 Å². The summed E-state index contributed by atoms with van der Waals surface area (Å²) in [7, 11) is 0. The largest absolute Gasteiger partial charge is 0.374 e. The highest BCUT2D eigenvalue weighted by atomic mass is 16.5. The van der Waals surface area contributed by atoms with Crippen molar-refractivity contribution in [3.8, 4) is 0 Å². The molecule has 130 valence electrons. The molecule has 1 N–H and O–H groups in total. The van der Waals surface area contributed by atoms with Crippen molar-refractivity contribution in [2.75, 3.05) is 23.3 Å². The lowest BCUT2D eigenvalue weighted by atomic mass is 9.88. The number of anilines is 2. The van der Waals surface area contributed by atoms with Crippen LogP contribution in [-0.2, 0) is 9.53 Å². The lowest BCUT2D eigenvalue weighted by Gasteiger charge is -2.22. The molecule has 3 fully saturated rings. The summed E-state index contributed by atoms with van der Waals surface area (Å²) in [5, 5.41) is 3.07. The van der Waals surface area contributed by atoms with E-state index in [1.54, 1.807) is 0 Å². The van der Waals surface area contributed by atoms with Crippen molar-refractivity contribution in [2.24, 2.45) is 5.92 Å². The molecule has 0 spiro atoms. The summed E-state index contributed by atoms with van der Waals surface area (Å²) < 4.78 is 5.84. The minimum atomic E-state index is -0.0570. The van der Waals surface area contributed by atoms with Gasteiger partial charge >= 0.3 is 0 Å². The zero-order valence-electron chi connectivity index (χ0n) is 14.1.